The summed E-state index contributed by atoms with van der Waals surface area (Å²) in [6.45, 7) is 0. The van der Waals surface area contributed by atoms with Crippen LogP contribution in [0.25, 0.3) is 0 Å². The molecule has 0 bridgehead atoms. The minimum absolute atomic E-state index is 0.922. The monoisotopic (exact) mass is 399 g/mol. The molecule has 0 aliphatic heterocycles. The summed E-state index contributed by atoms with van der Waals surface area (Å²) in [5, 5.41) is 0. The van der Waals surface area contributed by atoms with E-state index in [1.54, 1.807) is 53.8 Å². The summed E-state index contributed by atoms with van der Waals surface area (Å²) in [6, 6.07) is 0. The van der Waals surface area contributed by atoms with E-state index in [9.17, 15) is 0 Å². The SMILES string of the molecule is I[CH2][Sn]([CH]1CCCC1)[CH]1CCCC1. The molecule has 2 heteroatoms. The Bertz CT molecular complexity index is 132. The van der Waals surface area contributed by atoms with Gasteiger partial charge < -0.3 is 0 Å². The van der Waals surface area contributed by atoms with E-state index in [4.69, 9.17) is 0 Å². The van der Waals surface area contributed by atoms with Gasteiger partial charge in [-0.15, -0.1) is 0 Å². The molecule has 13 heavy (non-hydrogen) atoms. The van der Waals surface area contributed by atoms with E-state index < -0.39 is 19.8 Å². The Morgan fingerprint density at radius 2 is 1.23 bits per heavy atom. The van der Waals surface area contributed by atoms with E-state index in [1.165, 1.54) is 7.87 Å². The summed E-state index contributed by atoms with van der Waals surface area (Å²) in [5.41, 5.74) is 0. The Labute approximate surface area is 103 Å². The van der Waals surface area contributed by atoms with E-state index in [0.29, 0.717) is 0 Å². The van der Waals surface area contributed by atoms with Crippen LogP contribution in [0.3, 0.4) is 0 Å². The van der Waals surface area contributed by atoms with Gasteiger partial charge in [-0.05, 0) is 0 Å². The fourth-order valence-electron chi connectivity index (χ4n) is 3.14. The molecule has 0 nitrogen and oxygen atoms in total. The van der Waals surface area contributed by atoms with E-state index in [2.05, 4.69) is 22.6 Å². The first-order chi connectivity index (χ1) is 6.42. The van der Waals surface area contributed by atoms with Gasteiger partial charge in [0.15, 0.2) is 0 Å². The van der Waals surface area contributed by atoms with Gasteiger partial charge in [0.2, 0.25) is 0 Å². The van der Waals surface area contributed by atoms with Crippen molar-refractivity contribution in [3.8, 4) is 0 Å². The van der Waals surface area contributed by atoms with Crippen LogP contribution in [0.15, 0.2) is 0 Å². The zero-order valence-electron chi connectivity index (χ0n) is 8.40. The van der Waals surface area contributed by atoms with E-state index >= 15 is 0 Å². The molecule has 0 amide bonds. The molecule has 0 spiro atoms. The van der Waals surface area contributed by atoms with Gasteiger partial charge >= 0.3 is 104 Å². The Kier molecular flexibility index (Phi) is 4.72. The molecule has 0 N–H and O–H groups in total. The number of rotatable bonds is 3. The molecule has 2 aliphatic rings. The molecule has 2 aliphatic carbocycles. The van der Waals surface area contributed by atoms with Gasteiger partial charge in [0.25, 0.3) is 0 Å². The second-order valence-electron chi connectivity index (χ2n) is 4.67. The fraction of sp³-hybridized carbons (Fsp3) is 1.00. The van der Waals surface area contributed by atoms with Gasteiger partial charge in [-0.25, -0.2) is 0 Å². The van der Waals surface area contributed by atoms with E-state index in [0.717, 1.165) is 0 Å². The summed E-state index contributed by atoms with van der Waals surface area (Å²) in [5.74, 6) is 0. The summed E-state index contributed by atoms with van der Waals surface area (Å²) in [7, 11) is 0. The van der Waals surface area contributed by atoms with Gasteiger partial charge in [0.05, 0.1) is 0 Å². The van der Waals surface area contributed by atoms with E-state index in [-0.39, 0.29) is 0 Å². The predicted octanol–water partition coefficient (Wildman–Crippen LogP) is 4.34. The summed E-state index contributed by atoms with van der Waals surface area (Å²) < 4.78 is 4.24. The first kappa shape index (κ1) is 11.0. The molecule has 0 aromatic carbocycles. The quantitative estimate of drug-likeness (QED) is 0.377. The fourth-order valence-corrected chi connectivity index (χ4v) is 21.2. The maximum absolute atomic E-state index is 2.72. The van der Waals surface area contributed by atoms with Crippen LogP contribution in [-0.2, 0) is 0 Å². The molecule has 1 radical (unpaired) electrons. The van der Waals surface area contributed by atoms with Gasteiger partial charge in [-0.1, -0.05) is 0 Å². The number of alkyl halides is 1. The van der Waals surface area contributed by atoms with Crippen LogP contribution < -0.4 is 0 Å². The Morgan fingerprint density at radius 1 is 0.846 bits per heavy atom. The summed E-state index contributed by atoms with van der Waals surface area (Å²) >= 11 is 1.79. The summed E-state index contributed by atoms with van der Waals surface area (Å²) in [6.07, 6.45) is 12.8. The average molecular weight is 398 g/mol. The van der Waals surface area contributed by atoms with Crippen molar-refractivity contribution in [1.82, 2.24) is 0 Å². The molecule has 0 heterocycles. The van der Waals surface area contributed by atoms with E-state index in [1.807, 2.05) is 0 Å². The van der Waals surface area contributed by atoms with Crippen molar-refractivity contribution in [2.24, 2.45) is 0 Å². The summed E-state index contributed by atoms with van der Waals surface area (Å²) in [4.78, 5) is 0. The van der Waals surface area contributed by atoms with Gasteiger partial charge in [0, 0.05) is 0 Å². The molecule has 0 aromatic rings. The van der Waals surface area contributed by atoms with Gasteiger partial charge in [-0.3, -0.25) is 0 Å². The Hall–Kier alpha value is 1.53. The number of hydrogen-bond donors (Lipinski definition) is 0. The molecule has 0 saturated heterocycles. The van der Waals surface area contributed by atoms with Crippen molar-refractivity contribution in [3.05, 3.63) is 0 Å². The second kappa shape index (κ2) is 5.57. The third-order valence-corrected chi connectivity index (χ3v) is 20.0. The van der Waals surface area contributed by atoms with Crippen molar-refractivity contribution in [2.45, 2.75) is 59.2 Å². The van der Waals surface area contributed by atoms with Crippen molar-refractivity contribution in [3.63, 3.8) is 0 Å². The third-order valence-electron chi connectivity index (χ3n) is 3.91. The van der Waals surface area contributed by atoms with Gasteiger partial charge in [0.1, 0.15) is 0 Å². The van der Waals surface area contributed by atoms with Gasteiger partial charge in [-0.2, -0.15) is 0 Å². The maximum atomic E-state index is 2.72. The van der Waals surface area contributed by atoms with Crippen LogP contribution in [0.4, 0.5) is 0 Å². The van der Waals surface area contributed by atoms with Crippen LogP contribution in [0.5, 0.6) is 0 Å². The topological polar surface area (TPSA) is 0 Å². The zero-order chi connectivity index (χ0) is 9.10. The number of halogens is 1. The first-order valence-corrected chi connectivity index (χ1v) is 12.7. The normalized spacial score (nSPS) is 26.3. The molecule has 0 aromatic heterocycles. The Morgan fingerprint density at radius 3 is 1.54 bits per heavy atom. The molecule has 0 atom stereocenters. The van der Waals surface area contributed by atoms with Crippen LogP contribution in [0.1, 0.15) is 51.4 Å². The first-order valence-electron chi connectivity index (χ1n) is 5.83. The average Bonchev–Trinajstić information content (AvgIpc) is 2.76. The molecule has 2 fully saturated rings. The third kappa shape index (κ3) is 2.76. The predicted molar refractivity (Wildman–Crippen MR) is 69.1 cm³/mol. The van der Waals surface area contributed by atoms with Crippen molar-refractivity contribution in [2.75, 3.05) is 2.44 Å². The van der Waals surface area contributed by atoms with Crippen molar-refractivity contribution >= 4 is 42.4 Å². The second-order valence-corrected chi connectivity index (χ2v) is 18.5. The molecule has 75 valence electrons. The van der Waals surface area contributed by atoms with Crippen LogP contribution in [0.2, 0.25) is 7.87 Å². The molecular weight excluding hydrogens is 378 g/mol. The van der Waals surface area contributed by atoms with Crippen LogP contribution in [-0.4, -0.2) is 22.2 Å². The standard InChI is InChI=1S/2C5H9.CH2I.Sn/c2*1-2-4-5-3-1;1-2;/h2*1H,2-5H2;1H2;. The zero-order valence-corrected chi connectivity index (χ0v) is 13.4. The Balaban J connectivity index is 1.90. The van der Waals surface area contributed by atoms with Crippen LogP contribution >= 0.6 is 22.6 Å². The van der Waals surface area contributed by atoms with Crippen LogP contribution in [0, 0.1) is 0 Å². The van der Waals surface area contributed by atoms with Crippen molar-refractivity contribution < 1.29 is 0 Å². The minimum atomic E-state index is -0.922. The molecule has 2 rings (SSSR count). The number of hydrogen-bond acceptors (Lipinski definition) is 0. The molecule has 2 saturated carbocycles. The van der Waals surface area contributed by atoms with Crippen molar-refractivity contribution in [1.29, 1.82) is 0 Å². The molecule has 0 unspecified atom stereocenters. The molecular formula is C11H20ISn.